The van der Waals surface area contributed by atoms with Crippen LogP contribution in [0.4, 0.5) is 0 Å². The summed E-state index contributed by atoms with van der Waals surface area (Å²) in [7, 11) is 0. The van der Waals surface area contributed by atoms with E-state index in [1.54, 1.807) is 11.3 Å². The van der Waals surface area contributed by atoms with Gasteiger partial charge in [0.25, 0.3) is 0 Å². The van der Waals surface area contributed by atoms with Crippen LogP contribution in [0, 0.1) is 6.92 Å². The van der Waals surface area contributed by atoms with Gasteiger partial charge in [-0.2, -0.15) is 0 Å². The molecule has 0 spiro atoms. The molecule has 1 atom stereocenters. The van der Waals surface area contributed by atoms with E-state index in [9.17, 15) is 0 Å². The van der Waals surface area contributed by atoms with Crippen molar-refractivity contribution in [2.45, 2.75) is 39.8 Å². The SMILES string of the molecule is CCCNC(C)c1cc(Br)ccc1OCc1nc(C)cs1. The van der Waals surface area contributed by atoms with Crippen LogP contribution in [0.1, 0.15) is 42.6 Å². The molecule has 5 heteroatoms. The van der Waals surface area contributed by atoms with E-state index in [0.29, 0.717) is 6.61 Å². The van der Waals surface area contributed by atoms with Gasteiger partial charge in [0.15, 0.2) is 0 Å². The van der Waals surface area contributed by atoms with Gasteiger partial charge < -0.3 is 10.1 Å². The Bertz CT molecular complexity index is 585. The number of halogens is 1. The third-order valence-corrected chi connectivity index (χ3v) is 4.59. The summed E-state index contributed by atoms with van der Waals surface area (Å²) in [4.78, 5) is 4.44. The molecule has 0 aliphatic rings. The molecule has 1 N–H and O–H groups in total. The summed E-state index contributed by atoms with van der Waals surface area (Å²) in [6.07, 6.45) is 1.12. The zero-order valence-corrected chi connectivity index (χ0v) is 15.1. The van der Waals surface area contributed by atoms with Crippen molar-refractivity contribution in [2.24, 2.45) is 0 Å². The number of hydrogen-bond acceptors (Lipinski definition) is 4. The molecular formula is C16H21BrN2OS. The molecule has 1 heterocycles. The Morgan fingerprint density at radius 2 is 2.24 bits per heavy atom. The summed E-state index contributed by atoms with van der Waals surface area (Å²) < 4.78 is 7.05. The van der Waals surface area contributed by atoms with Gasteiger partial charge in [-0.1, -0.05) is 22.9 Å². The number of ether oxygens (including phenoxy) is 1. The third-order valence-electron chi connectivity index (χ3n) is 3.16. The van der Waals surface area contributed by atoms with Gasteiger partial charge in [0, 0.05) is 27.2 Å². The first-order chi connectivity index (χ1) is 10.1. The number of benzene rings is 1. The van der Waals surface area contributed by atoms with Crippen molar-refractivity contribution in [3.8, 4) is 5.75 Å². The molecule has 0 saturated heterocycles. The van der Waals surface area contributed by atoms with Gasteiger partial charge in [-0.25, -0.2) is 4.98 Å². The van der Waals surface area contributed by atoms with E-state index in [0.717, 1.165) is 33.9 Å². The highest BCUT2D eigenvalue weighted by molar-refractivity contribution is 9.10. The number of rotatable bonds is 7. The average molecular weight is 369 g/mol. The molecule has 0 radical (unpaired) electrons. The van der Waals surface area contributed by atoms with Crippen LogP contribution in [-0.2, 0) is 6.61 Å². The quantitative estimate of drug-likeness (QED) is 0.757. The van der Waals surface area contributed by atoms with Crippen LogP contribution in [0.5, 0.6) is 5.75 Å². The summed E-state index contributed by atoms with van der Waals surface area (Å²) in [5, 5.41) is 6.56. The summed E-state index contributed by atoms with van der Waals surface area (Å²) in [5.41, 5.74) is 2.22. The van der Waals surface area contributed by atoms with Gasteiger partial charge in [-0.3, -0.25) is 0 Å². The van der Waals surface area contributed by atoms with Crippen LogP contribution in [-0.4, -0.2) is 11.5 Å². The molecule has 2 aromatic rings. The van der Waals surface area contributed by atoms with Gasteiger partial charge in [0.1, 0.15) is 17.4 Å². The monoisotopic (exact) mass is 368 g/mol. The fourth-order valence-corrected chi connectivity index (χ4v) is 3.13. The van der Waals surface area contributed by atoms with Crippen molar-refractivity contribution in [3.63, 3.8) is 0 Å². The Balaban J connectivity index is 2.10. The van der Waals surface area contributed by atoms with Crippen molar-refractivity contribution >= 4 is 27.3 Å². The lowest BCUT2D eigenvalue weighted by molar-refractivity contribution is 0.299. The van der Waals surface area contributed by atoms with E-state index >= 15 is 0 Å². The Kier molecular flexibility index (Phi) is 6.21. The standard InChI is InChI=1S/C16H21BrN2OS/c1-4-7-18-12(3)14-8-13(17)5-6-15(14)20-9-16-19-11(2)10-21-16/h5-6,8,10,12,18H,4,7,9H2,1-3H3. The molecule has 21 heavy (non-hydrogen) atoms. The normalized spacial score (nSPS) is 12.4. The largest absolute Gasteiger partial charge is 0.486 e. The zero-order chi connectivity index (χ0) is 15.2. The molecule has 0 saturated carbocycles. The highest BCUT2D eigenvalue weighted by Crippen LogP contribution is 2.29. The second kappa shape index (κ2) is 7.92. The van der Waals surface area contributed by atoms with E-state index in [-0.39, 0.29) is 6.04 Å². The highest BCUT2D eigenvalue weighted by Gasteiger charge is 2.12. The molecule has 1 unspecified atom stereocenters. The minimum atomic E-state index is 0.260. The average Bonchev–Trinajstić information content (AvgIpc) is 2.89. The van der Waals surface area contributed by atoms with Crippen LogP contribution in [0.15, 0.2) is 28.1 Å². The lowest BCUT2D eigenvalue weighted by atomic mass is 10.1. The molecule has 0 aliphatic heterocycles. The molecule has 114 valence electrons. The number of aryl methyl sites for hydroxylation is 1. The molecule has 1 aromatic heterocycles. The van der Waals surface area contributed by atoms with Crippen LogP contribution in [0.25, 0.3) is 0 Å². The molecule has 0 fully saturated rings. The predicted octanol–water partition coefficient (Wildman–Crippen LogP) is 4.85. The van der Waals surface area contributed by atoms with E-state index < -0.39 is 0 Å². The number of hydrogen-bond donors (Lipinski definition) is 1. The van der Waals surface area contributed by atoms with Gasteiger partial charge in [-0.05, 0) is 45.0 Å². The summed E-state index contributed by atoms with van der Waals surface area (Å²) in [6.45, 7) is 7.86. The number of aromatic nitrogens is 1. The molecular weight excluding hydrogens is 348 g/mol. The number of nitrogens with one attached hydrogen (secondary N) is 1. The van der Waals surface area contributed by atoms with Crippen molar-refractivity contribution < 1.29 is 4.74 Å². The fourth-order valence-electron chi connectivity index (χ4n) is 2.07. The molecule has 2 rings (SSSR count). The predicted molar refractivity (Wildman–Crippen MR) is 92.0 cm³/mol. The smallest absolute Gasteiger partial charge is 0.140 e. The van der Waals surface area contributed by atoms with Crippen molar-refractivity contribution in [2.75, 3.05) is 6.54 Å². The van der Waals surface area contributed by atoms with Crippen LogP contribution < -0.4 is 10.1 Å². The van der Waals surface area contributed by atoms with Gasteiger partial charge in [-0.15, -0.1) is 11.3 Å². The zero-order valence-electron chi connectivity index (χ0n) is 12.6. The van der Waals surface area contributed by atoms with Crippen LogP contribution >= 0.6 is 27.3 Å². The minimum Gasteiger partial charge on any atom is -0.486 e. The van der Waals surface area contributed by atoms with Crippen molar-refractivity contribution in [1.29, 1.82) is 0 Å². The third kappa shape index (κ3) is 4.80. The maximum Gasteiger partial charge on any atom is 0.140 e. The second-order valence-electron chi connectivity index (χ2n) is 5.03. The van der Waals surface area contributed by atoms with Crippen LogP contribution in [0.2, 0.25) is 0 Å². The van der Waals surface area contributed by atoms with Crippen molar-refractivity contribution in [3.05, 3.63) is 44.3 Å². The van der Waals surface area contributed by atoms with E-state index in [4.69, 9.17) is 4.74 Å². The maximum atomic E-state index is 5.98. The Morgan fingerprint density at radius 1 is 1.43 bits per heavy atom. The maximum absolute atomic E-state index is 5.98. The molecule has 0 aliphatic carbocycles. The first-order valence-electron chi connectivity index (χ1n) is 7.16. The van der Waals surface area contributed by atoms with E-state index in [2.05, 4.69) is 46.1 Å². The Hall–Kier alpha value is -0.910. The minimum absolute atomic E-state index is 0.260. The summed E-state index contributed by atoms with van der Waals surface area (Å²) in [6, 6.07) is 6.41. The number of thiazole rings is 1. The molecule has 1 aromatic carbocycles. The first kappa shape index (κ1) is 16.5. The lowest BCUT2D eigenvalue weighted by Crippen LogP contribution is -2.20. The topological polar surface area (TPSA) is 34.1 Å². The van der Waals surface area contributed by atoms with Crippen molar-refractivity contribution in [1.82, 2.24) is 10.3 Å². The fraction of sp³-hybridized carbons (Fsp3) is 0.438. The van der Waals surface area contributed by atoms with Gasteiger partial charge in [0.05, 0.1) is 0 Å². The summed E-state index contributed by atoms with van der Waals surface area (Å²) >= 11 is 5.18. The number of nitrogens with zero attached hydrogens (tertiary/aromatic N) is 1. The van der Waals surface area contributed by atoms with Gasteiger partial charge in [0.2, 0.25) is 0 Å². The van der Waals surface area contributed by atoms with E-state index in [1.165, 1.54) is 5.56 Å². The van der Waals surface area contributed by atoms with Crippen LogP contribution in [0.3, 0.4) is 0 Å². The van der Waals surface area contributed by atoms with E-state index in [1.807, 2.05) is 24.4 Å². The second-order valence-corrected chi connectivity index (χ2v) is 6.89. The lowest BCUT2D eigenvalue weighted by Gasteiger charge is -2.18. The molecule has 0 bridgehead atoms. The van der Waals surface area contributed by atoms with Gasteiger partial charge >= 0.3 is 0 Å². The summed E-state index contributed by atoms with van der Waals surface area (Å²) in [5.74, 6) is 0.919. The first-order valence-corrected chi connectivity index (χ1v) is 8.84. The Morgan fingerprint density at radius 3 is 2.90 bits per heavy atom. The molecule has 0 amide bonds. The molecule has 3 nitrogen and oxygen atoms in total. The highest BCUT2D eigenvalue weighted by atomic mass is 79.9. The Labute approximate surface area is 138 Å².